The minimum absolute atomic E-state index is 0.0256. The van der Waals surface area contributed by atoms with Crippen molar-refractivity contribution in [2.45, 2.75) is 76.2 Å². The molecule has 2 amide bonds. The Morgan fingerprint density at radius 2 is 1.71 bits per heavy atom. The minimum Gasteiger partial charge on any atom is -0.497 e. The molecular weight excluding hydrogens is 444 g/mol. The maximum Gasteiger partial charge on any atom is 0.323 e. The lowest BCUT2D eigenvalue weighted by atomic mass is 9.81. The first-order valence-electron chi connectivity index (χ1n) is 13.1. The zero-order chi connectivity index (χ0) is 23.3. The highest BCUT2D eigenvalue weighted by Gasteiger charge is 2.27. The molecule has 0 atom stereocenters. The molecule has 2 heterocycles. The number of benzene rings is 1. The van der Waals surface area contributed by atoms with Crippen LogP contribution in [0.2, 0.25) is 0 Å². The summed E-state index contributed by atoms with van der Waals surface area (Å²) in [4.78, 5) is 22.3. The van der Waals surface area contributed by atoms with E-state index in [-0.39, 0.29) is 6.03 Å². The van der Waals surface area contributed by atoms with Crippen LogP contribution in [0.4, 0.5) is 9.93 Å². The lowest BCUT2D eigenvalue weighted by Gasteiger charge is -2.40. The molecule has 1 N–H and O–H groups in total. The molecule has 6 nitrogen and oxygen atoms in total. The van der Waals surface area contributed by atoms with E-state index in [2.05, 4.69) is 33.8 Å². The molecule has 0 bridgehead atoms. The summed E-state index contributed by atoms with van der Waals surface area (Å²) in [5, 5.41) is 5.81. The van der Waals surface area contributed by atoms with Gasteiger partial charge in [0.05, 0.1) is 12.8 Å². The number of methoxy groups -OCH3 is 1. The summed E-state index contributed by atoms with van der Waals surface area (Å²) in [7, 11) is 1.71. The predicted molar refractivity (Wildman–Crippen MR) is 139 cm³/mol. The van der Waals surface area contributed by atoms with Crippen molar-refractivity contribution in [2.24, 2.45) is 0 Å². The average Bonchev–Trinajstić information content (AvgIpc) is 3.37. The number of carbonyl (C=O) groups excluding carboxylic acids is 1. The van der Waals surface area contributed by atoms with Crippen LogP contribution >= 0.6 is 11.3 Å². The highest BCUT2D eigenvalue weighted by Crippen LogP contribution is 2.40. The van der Waals surface area contributed by atoms with Gasteiger partial charge in [0.1, 0.15) is 5.75 Å². The van der Waals surface area contributed by atoms with Gasteiger partial charge in [0.15, 0.2) is 5.13 Å². The van der Waals surface area contributed by atoms with Gasteiger partial charge in [0, 0.05) is 43.2 Å². The fourth-order valence-electron chi connectivity index (χ4n) is 6.02. The number of hydrogen-bond donors (Lipinski definition) is 1. The van der Waals surface area contributed by atoms with E-state index in [1.807, 2.05) is 4.90 Å². The van der Waals surface area contributed by atoms with Crippen molar-refractivity contribution in [2.75, 3.05) is 38.6 Å². The maximum atomic E-state index is 13.0. The monoisotopic (exact) mass is 482 g/mol. The Morgan fingerprint density at radius 3 is 2.41 bits per heavy atom. The van der Waals surface area contributed by atoms with Gasteiger partial charge in [-0.1, -0.05) is 44.6 Å². The van der Waals surface area contributed by atoms with E-state index in [0.717, 1.165) is 49.2 Å². The van der Waals surface area contributed by atoms with Gasteiger partial charge in [0.25, 0.3) is 0 Å². The van der Waals surface area contributed by atoms with Crippen molar-refractivity contribution in [1.29, 1.82) is 0 Å². The van der Waals surface area contributed by atoms with Gasteiger partial charge < -0.3 is 9.64 Å². The fraction of sp³-hybridized carbons (Fsp3) is 0.630. The topological polar surface area (TPSA) is 57.7 Å². The Balaban J connectivity index is 1.23. The third-order valence-electron chi connectivity index (χ3n) is 7.99. The number of ether oxygens (including phenoxy) is 1. The number of nitrogens with one attached hydrogen (secondary N) is 1. The second-order valence-corrected chi connectivity index (χ2v) is 10.9. The van der Waals surface area contributed by atoms with E-state index in [0.29, 0.717) is 11.0 Å². The fourth-order valence-corrected chi connectivity index (χ4v) is 6.72. The molecule has 0 unspecified atom stereocenters. The molecule has 34 heavy (non-hydrogen) atoms. The van der Waals surface area contributed by atoms with Gasteiger partial charge in [-0.2, -0.15) is 0 Å². The molecule has 1 aromatic heterocycles. The van der Waals surface area contributed by atoms with E-state index in [9.17, 15) is 4.79 Å². The number of piperazine rings is 1. The summed E-state index contributed by atoms with van der Waals surface area (Å²) < 4.78 is 5.52. The molecule has 5 rings (SSSR count). The van der Waals surface area contributed by atoms with Gasteiger partial charge in [-0.25, -0.2) is 9.78 Å². The molecule has 2 saturated carbocycles. The van der Waals surface area contributed by atoms with Gasteiger partial charge in [-0.15, -0.1) is 11.3 Å². The van der Waals surface area contributed by atoms with Crippen molar-refractivity contribution < 1.29 is 9.53 Å². The van der Waals surface area contributed by atoms with E-state index >= 15 is 0 Å². The largest absolute Gasteiger partial charge is 0.497 e. The SMILES string of the molecule is COc1ccc(C2CCCCC2)c(-c2csc(NC(=O)N3CCN(C4CCCCC4)CC3)n2)c1. The van der Waals surface area contributed by atoms with Crippen molar-refractivity contribution in [3.05, 3.63) is 29.1 Å². The highest BCUT2D eigenvalue weighted by atomic mass is 32.1. The summed E-state index contributed by atoms with van der Waals surface area (Å²) in [5.74, 6) is 1.43. The molecule has 0 radical (unpaired) electrons. The molecule has 7 heteroatoms. The van der Waals surface area contributed by atoms with E-state index in [4.69, 9.17) is 9.72 Å². The normalized spacial score (nSPS) is 20.9. The van der Waals surface area contributed by atoms with Crippen LogP contribution in [0.5, 0.6) is 5.75 Å². The molecule has 3 fully saturated rings. The van der Waals surface area contributed by atoms with E-state index in [1.54, 1.807) is 7.11 Å². The van der Waals surface area contributed by atoms with Crippen LogP contribution in [-0.4, -0.2) is 60.1 Å². The molecule has 2 aliphatic carbocycles. The Bertz CT molecular complexity index is 957. The zero-order valence-electron chi connectivity index (χ0n) is 20.4. The standard InChI is InChI=1S/C27H38N4O2S/c1-33-22-12-13-23(20-8-4-2-5-9-20)24(18-22)25-19-34-26(28-25)29-27(32)31-16-14-30(15-17-31)21-10-6-3-7-11-21/h12-13,18-21H,2-11,14-17H2,1H3,(H,28,29,32). The minimum atomic E-state index is -0.0256. The average molecular weight is 483 g/mol. The predicted octanol–water partition coefficient (Wildman–Crippen LogP) is 6.35. The van der Waals surface area contributed by atoms with Crippen LogP contribution in [0.25, 0.3) is 11.3 Å². The second kappa shape index (κ2) is 11.1. The van der Waals surface area contributed by atoms with Crippen LogP contribution in [0.15, 0.2) is 23.6 Å². The first-order chi connectivity index (χ1) is 16.7. The van der Waals surface area contributed by atoms with Crippen LogP contribution in [-0.2, 0) is 0 Å². The van der Waals surface area contributed by atoms with Gasteiger partial charge in [-0.05, 0) is 49.3 Å². The van der Waals surface area contributed by atoms with Gasteiger partial charge >= 0.3 is 6.03 Å². The number of anilines is 1. The molecule has 1 aliphatic heterocycles. The summed E-state index contributed by atoms with van der Waals surface area (Å²) in [6.07, 6.45) is 13.1. The first-order valence-corrected chi connectivity index (χ1v) is 14.0. The third kappa shape index (κ3) is 5.41. The lowest BCUT2D eigenvalue weighted by molar-refractivity contribution is 0.0943. The maximum absolute atomic E-state index is 13.0. The van der Waals surface area contributed by atoms with E-state index in [1.165, 1.54) is 81.1 Å². The number of nitrogens with zero attached hydrogens (tertiary/aromatic N) is 3. The highest BCUT2D eigenvalue weighted by molar-refractivity contribution is 7.14. The van der Waals surface area contributed by atoms with Crippen LogP contribution in [0, 0.1) is 0 Å². The zero-order valence-corrected chi connectivity index (χ0v) is 21.2. The summed E-state index contributed by atoms with van der Waals surface area (Å²) >= 11 is 1.51. The Hall–Kier alpha value is -2.12. The van der Waals surface area contributed by atoms with Gasteiger partial charge in [-0.3, -0.25) is 10.2 Å². The molecule has 1 aromatic carbocycles. The molecule has 0 spiro atoms. The van der Waals surface area contributed by atoms with Crippen LogP contribution in [0.3, 0.4) is 0 Å². The first kappa shape index (κ1) is 23.6. The number of thiazole rings is 1. The lowest BCUT2D eigenvalue weighted by Crippen LogP contribution is -2.53. The quantitative estimate of drug-likeness (QED) is 0.540. The van der Waals surface area contributed by atoms with Crippen LogP contribution in [0.1, 0.15) is 75.7 Å². The molecule has 2 aromatic rings. The number of aromatic nitrogens is 1. The molecule has 1 saturated heterocycles. The second-order valence-electron chi connectivity index (χ2n) is 10.1. The third-order valence-corrected chi connectivity index (χ3v) is 8.75. The van der Waals surface area contributed by atoms with E-state index < -0.39 is 0 Å². The summed E-state index contributed by atoms with van der Waals surface area (Å²) in [6.45, 7) is 3.55. The van der Waals surface area contributed by atoms with Crippen LogP contribution < -0.4 is 10.1 Å². The summed E-state index contributed by atoms with van der Waals surface area (Å²) in [6, 6.07) is 7.09. The number of amides is 2. The number of urea groups is 1. The molecule has 184 valence electrons. The number of carbonyl (C=O) groups is 1. The Morgan fingerprint density at radius 1 is 1.00 bits per heavy atom. The Kier molecular flexibility index (Phi) is 7.70. The number of rotatable bonds is 5. The Labute approximate surface area is 207 Å². The number of hydrogen-bond acceptors (Lipinski definition) is 5. The molecular formula is C27H38N4O2S. The van der Waals surface area contributed by atoms with Crippen molar-refractivity contribution >= 4 is 22.5 Å². The smallest absolute Gasteiger partial charge is 0.323 e. The summed E-state index contributed by atoms with van der Waals surface area (Å²) in [5.41, 5.74) is 3.44. The van der Waals surface area contributed by atoms with Crippen molar-refractivity contribution in [1.82, 2.24) is 14.8 Å². The van der Waals surface area contributed by atoms with Crippen molar-refractivity contribution in [3.8, 4) is 17.0 Å². The van der Waals surface area contributed by atoms with Gasteiger partial charge in [0.2, 0.25) is 0 Å². The molecule has 3 aliphatic rings. The van der Waals surface area contributed by atoms with Crippen molar-refractivity contribution in [3.63, 3.8) is 0 Å².